The molecular formula is C27H28N6O3S. The van der Waals surface area contributed by atoms with Gasteiger partial charge in [0, 0.05) is 42.2 Å². The molecule has 9 nitrogen and oxygen atoms in total. The Hall–Kier alpha value is -3.86. The number of hydrogen-bond acceptors (Lipinski definition) is 6. The predicted molar refractivity (Wildman–Crippen MR) is 143 cm³/mol. The minimum absolute atomic E-state index is 0.0585. The molecule has 1 aliphatic rings. The van der Waals surface area contributed by atoms with Crippen LogP contribution >= 0.6 is 0 Å². The van der Waals surface area contributed by atoms with Crippen molar-refractivity contribution in [2.45, 2.75) is 25.4 Å². The second-order valence-electron chi connectivity index (χ2n) is 9.10. The van der Waals surface area contributed by atoms with Crippen LogP contribution in [-0.4, -0.2) is 53.0 Å². The van der Waals surface area contributed by atoms with Crippen LogP contribution in [0.1, 0.15) is 28.9 Å². The van der Waals surface area contributed by atoms with Gasteiger partial charge in [0.15, 0.2) is 5.65 Å². The second kappa shape index (κ2) is 10.3. The number of carbonyl (C=O) groups excluding carboxylic acids is 1. The summed E-state index contributed by atoms with van der Waals surface area (Å²) in [6, 6.07) is 21.3. The molecule has 0 unspecified atom stereocenters. The van der Waals surface area contributed by atoms with Crippen LogP contribution in [0, 0.1) is 0 Å². The van der Waals surface area contributed by atoms with Crippen molar-refractivity contribution in [1.29, 1.82) is 0 Å². The Labute approximate surface area is 215 Å². The standard InChI is InChI=1S/C27H28N6O3S/c1-2-37(35,36)31-22-14-16-32(17-15-22)18-19-8-10-20(11-9-19)25-26(21-6-4-3-5-7-21)33-24(29-25)13-12-23(30-33)27(28)34/h2-13,22,31H,1,14-18H2,(H2,28,34). The Morgan fingerprint density at radius 1 is 1.03 bits per heavy atom. The van der Waals surface area contributed by atoms with E-state index in [-0.39, 0.29) is 11.7 Å². The third kappa shape index (κ3) is 5.46. The van der Waals surface area contributed by atoms with E-state index >= 15 is 0 Å². The highest BCUT2D eigenvalue weighted by Crippen LogP contribution is 2.32. The number of imidazole rings is 1. The van der Waals surface area contributed by atoms with Gasteiger partial charge in [-0.1, -0.05) is 61.2 Å². The van der Waals surface area contributed by atoms with Gasteiger partial charge in [-0.15, -0.1) is 0 Å². The van der Waals surface area contributed by atoms with Crippen LogP contribution in [0.5, 0.6) is 0 Å². The van der Waals surface area contributed by atoms with Crippen LogP contribution in [0.25, 0.3) is 28.2 Å². The lowest BCUT2D eigenvalue weighted by atomic mass is 10.0. The molecule has 4 aromatic rings. The van der Waals surface area contributed by atoms with E-state index in [0.29, 0.717) is 5.65 Å². The molecule has 0 aliphatic carbocycles. The number of nitrogens with two attached hydrogens (primary N) is 1. The molecule has 5 rings (SSSR count). The van der Waals surface area contributed by atoms with Gasteiger partial charge in [0.05, 0.1) is 5.69 Å². The number of primary amides is 1. The number of carbonyl (C=O) groups is 1. The number of aromatic nitrogens is 3. The van der Waals surface area contributed by atoms with Crippen LogP contribution in [0.15, 0.2) is 78.7 Å². The minimum atomic E-state index is -3.41. The summed E-state index contributed by atoms with van der Waals surface area (Å²) >= 11 is 0. The van der Waals surface area contributed by atoms with Crippen molar-refractivity contribution in [2.75, 3.05) is 13.1 Å². The highest BCUT2D eigenvalue weighted by atomic mass is 32.2. The number of piperidine rings is 1. The zero-order valence-electron chi connectivity index (χ0n) is 20.2. The summed E-state index contributed by atoms with van der Waals surface area (Å²) < 4.78 is 27.8. The summed E-state index contributed by atoms with van der Waals surface area (Å²) in [5.74, 6) is -0.595. The van der Waals surface area contributed by atoms with E-state index in [2.05, 4.69) is 33.4 Å². The maximum Gasteiger partial charge on any atom is 0.269 e. The number of nitrogens with zero attached hydrogens (tertiary/aromatic N) is 4. The van der Waals surface area contributed by atoms with Crippen molar-refractivity contribution < 1.29 is 13.2 Å². The molecule has 2 aromatic heterocycles. The van der Waals surface area contributed by atoms with Crippen molar-refractivity contribution in [3.8, 4) is 22.5 Å². The highest BCUT2D eigenvalue weighted by molar-refractivity contribution is 7.92. The Kier molecular flexibility index (Phi) is 6.88. The summed E-state index contributed by atoms with van der Waals surface area (Å²) in [6.45, 7) is 5.75. The van der Waals surface area contributed by atoms with Gasteiger partial charge in [0.1, 0.15) is 11.4 Å². The van der Waals surface area contributed by atoms with Gasteiger partial charge in [-0.2, -0.15) is 5.10 Å². The topological polar surface area (TPSA) is 123 Å². The number of hydrogen-bond donors (Lipinski definition) is 2. The molecule has 0 atom stereocenters. The number of amides is 1. The molecule has 10 heteroatoms. The normalized spacial score (nSPS) is 15.1. The fraction of sp³-hybridized carbons (Fsp3) is 0.222. The van der Waals surface area contributed by atoms with E-state index in [4.69, 9.17) is 10.7 Å². The molecule has 37 heavy (non-hydrogen) atoms. The SMILES string of the molecule is C=CS(=O)(=O)NC1CCN(Cc2ccc(-c3nc4ccc(C(N)=O)nn4c3-c3ccccc3)cc2)CC1. The largest absolute Gasteiger partial charge is 0.364 e. The van der Waals surface area contributed by atoms with Crippen molar-refractivity contribution in [3.63, 3.8) is 0 Å². The minimum Gasteiger partial charge on any atom is -0.364 e. The average molecular weight is 517 g/mol. The van der Waals surface area contributed by atoms with Crippen LogP contribution in [0.3, 0.4) is 0 Å². The summed E-state index contributed by atoms with van der Waals surface area (Å²) in [4.78, 5) is 18.9. The monoisotopic (exact) mass is 516 g/mol. The Balaban J connectivity index is 1.37. The van der Waals surface area contributed by atoms with E-state index in [0.717, 1.165) is 66.0 Å². The van der Waals surface area contributed by atoms with E-state index < -0.39 is 15.9 Å². The van der Waals surface area contributed by atoms with Crippen molar-refractivity contribution in [3.05, 3.63) is 90.0 Å². The van der Waals surface area contributed by atoms with E-state index in [9.17, 15) is 13.2 Å². The fourth-order valence-electron chi connectivity index (χ4n) is 4.64. The first kappa shape index (κ1) is 24.8. The van der Waals surface area contributed by atoms with Gasteiger partial charge in [-0.3, -0.25) is 9.69 Å². The maximum absolute atomic E-state index is 11.8. The molecular weight excluding hydrogens is 488 g/mol. The molecule has 3 N–H and O–H groups in total. The number of nitrogens with one attached hydrogen (secondary N) is 1. The van der Waals surface area contributed by atoms with Crippen LogP contribution < -0.4 is 10.5 Å². The molecule has 1 fully saturated rings. The number of likely N-dealkylation sites (tertiary alicyclic amines) is 1. The number of fused-ring (bicyclic) bond motifs is 1. The van der Waals surface area contributed by atoms with Crippen LogP contribution in [0.4, 0.5) is 0 Å². The van der Waals surface area contributed by atoms with Gasteiger partial charge in [-0.05, 0) is 30.5 Å². The Morgan fingerprint density at radius 3 is 2.38 bits per heavy atom. The molecule has 190 valence electrons. The molecule has 0 bridgehead atoms. The van der Waals surface area contributed by atoms with Crippen molar-refractivity contribution in [2.24, 2.45) is 5.73 Å². The van der Waals surface area contributed by atoms with E-state index in [1.807, 2.05) is 42.5 Å². The Morgan fingerprint density at radius 2 is 1.73 bits per heavy atom. The number of sulfonamides is 1. The van der Waals surface area contributed by atoms with E-state index in [1.54, 1.807) is 16.6 Å². The molecule has 0 radical (unpaired) electrons. The number of rotatable bonds is 8. The summed E-state index contributed by atoms with van der Waals surface area (Å²) in [5.41, 5.74) is 10.8. The molecule has 1 saturated heterocycles. The third-order valence-electron chi connectivity index (χ3n) is 6.55. The molecule has 1 amide bonds. The highest BCUT2D eigenvalue weighted by Gasteiger charge is 2.23. The number of benzene rings is 2. The van der Waals surface area contributed by atoms with Gasteiger partial charge in [0.2, 0.25) is 10.0 Å². The van der Waals surface area contributed by atoms with Gasteiger partial charge >= 0.3 is 0 Å². The summed E-state index contributed by atoms with van der Waals surface area (Å²) in [5, 5.41) is 5.41. The first-order chi connectivity index (χ1) is 17.8. The Bertz CT molecular complexity index is 1540. The predicted octanol–water partition coefficient (Wildman–Crippen LogP) is 3.19. The quantitative estimate of drug-likeness (QED) is 0.371. The first-order valence-corrected chi connectivity index (χ1v) is 13.6. The molecule has 1 aliphatic heterocycles. The summed E-state index contributed by atoms with van der Waals surface area (Å²) in [6.07, 6.45) is 1.51. The average Bonchev–Trinajstić information content (AvgIpc) is 3.29. The zero-order chi connectivity index (χ0) is 26.0. The lowest BCUT2D eigenvalue weighted by molar-refractivity contribution is 0.0994. The van der Waals surface area contributed by atoms with Crippen molar-refractivity contribution >= 4 is 21.6 Å². The summed E-state index contributed by atoms with van der Waals surface area (Å²) in [7, 11) is -3.41. The second-order valence-corrected chi connectivity index (χ2v) is 10.8. The van der Waals surface area contributed by atoms with Gasteiger partial charge < -0.3 is 5.73 Å². The van der Waals surface area contributed by atoms with E-state index in [1.165, 1.54) is 0 Å². The van der Waals surface area contributed by atoms with Gasteiger partial charge in [0.25, 0.3) is 5.91 Å². The van der Waals surface area contributed by atoms with Gasteiger partial charge in [-0.25, -0.2) is 22.6 Å². The lowest BCUT2D eigenvalue weighted by Crippen LogP contribution is -2.43. The molecule has 0 spiro atoms. The first-order valence-electron chi connectivity index (χ1n) is 12.0. The van der Waals surface area contributed by atoms with Crippen molar-refractivity contribution in [1.82, 2.24) is 24.2 Å². The molecule has 2 aromatic carbocycles. The third-order valence-corrected chi connectivity index (χ3v) is 7.65. The fourth-order valence-corrected chi connectivity index (χ4v) is 5.43. The maximum atomic E-state index is 11.8. The van der Waals surface area contributed by atoms with Crippen LogP contribution in [0.2, 0.25) is 0 Å². The zero-order valence-corrected chi connectivity index (χ0v) is 21.1. The molecule has 0 saturated carbocycles. The van der Waals surface area contributed by atoms with Crippen LogP contribution in [-0.2, 0) is 16.6 Å². The molecule has 3 heterocycles. The smallest absolute Gasteiger partial charge is 0.269 e. The lowest BCUT2D eigenvalue weighted by Gasteiger charge is -2.32.